The monoisotopic (exact) mass is 387 g/mol. The van der Waals surface area contributed by atoms with Crippen molar-refractivity contribution < 1.29 is 4.74 Å². The van der Waals surface area contributed by atoms with Crippen molar-refractivity contribution in [1.29, 1.82) is 0 Å². The van der Waals surface area contributed by atoms with Gasteiger partial charge in [0.05, 0.1) is 22.5 Å². The lowest BCUT2D eigenvalue weighted by atomic mass is 10.2. The third-order valence-corrected chi connectivity index (χ3v) is 4.76. The molecule has 3 rings (SSSR count). The fourth-order valence-corrected chi connectivity index (χ4v) is 2.62. The van der Waals surface area contributed by atoms with Crippen molar-refractivity contribution in [3.63, 3.8) is 0 Å². The molecule has 0 atom stereocenters. The van der Waals surface area contributed by atoms with Crippen molar-refractivity contribution in [2.75, 3.05) is 12.4 Å². The van der Waals surface area contributed by atoms with Gasteiger partial charge in [-0.2, -0.15) is 5.10 Å². The van der Waals surface area contributed by atoms with E-state index in [4.69, 9.17) is 4.74 Å². The number of methoxy groups -OCH3 is 1. The highest BCUT2D eigenvalue weighted by molar-refractivity contribution is 9.10. The summed E-state index contributed by atoms with van der Waals surface area (Å²) in [5.41, 5.74) is 4.00. The van der Waals surface area contributed by atoms with Crippen LogP contribution in [-0.4, -0.2) is 26.9 Å². The molecule has 7 heteroatoms. The van der Waals surface area contributed by atoms with Gasteiger partial charge in [-0.1, -0.05) is 12.1 Å². The molecule has 2 aromatic heterocycles. The van der Waals surface area contributed by atoms with Gasteiger partial charge >= 0.3 is 0 Å². The number of nitrogens with one attached hydrogen (secondary N) is 1. The Balaban J connectivity index is 1.84. The van der Waals surface area contributed by atoms with Crippen molar-refractivity contribution in [2.45, 2.75) is 20.5 Å². The number of aromatic nitrogens is 4. The smallest absolute Gasteiger partial charge is 0.159 e. The quantitative estimate of drug-likeness (QED) is 0.718. The largest absolute Gasteiger partial charge is 0.380 e. The molecular weight excluding hydrogens is 370 g/mol. The number of aryl methyl sites for hydroxylation is 1. The summed E-state index contributed by atoms with van der Waals surface area (Å²) < 4.78 is 7.91. The molecular formula is C17H18BrN5O. The molecule has 0 spiro atoms. The maximum atomic E-state index is 5.12. The lowest BCUT2D eigenvalue weighted by Gasteiger charge is -2.09. The van der Waals surface area contributed by atoms with Crippen molar-refractivity contribution in [3.05, 3.63) is 58.1 Å². The van der Waals surface area contributed by atoms with Crippen LogP contribution in [0.2, 0.25) is 0 Å². The summed E-state index contributed by atoms with van der Waals surface area (Å²) >= 11 is 3.54. The molecule has 0 radical (unpaired) electrons. The molecule has 0 saturated carbocycles. The van der Waals surface area contributed by atoms with Gasteiger partial charge in [-0.05, 0) is 47.5 Å². The second-order valence-corrected chi connectivity index (χ2v) is 6.21. The first-order chi connectivity index (χ1) is 11.6. The van der Waals surface area contributed by atoms with Crippen LogP contribution in [0.25, 0.3) is 5.82 Å². The maximum absolute atomic E-state index is 5.12. The summed E-state index contributed by atoms with van der Waals surface area (Å²) in [6, 6.07) is 9.90. The third kappa shape index (κ3) is 3.47. The van der Waals surface area contributed by atoms with E-state index >= 15 is 0 Å². The lowest BCUT2D eigenvalue weighted by Crippen LogP contribution is -2.04. The molecule has 6 nitrogen and oxygen atoms in total. The van der Waals surface area contributed by atoms with Crippen LogP contribution in [0, 0.1) is 13.8 Å². The van der Waals surface area contributed by atoms with Crippen molar-refractivity contribution in [1.82, 2.24) is 19.7 Å². The van der Waals surface area contributed by atoms with Crippen LogP contribution in [0.5, 0.6) is 0 Å². The summed E-state index contributed by atoms with van der Waals surface area (Å²) in [6.07, 6.45) is 1.53. The number of anilines is 2. The van der Waals surface area contributed by atoms with Crippen molar-refractivity contribution >= 4 is 27.4 Å². The predicted molar refractivity (Wildman–Crippen MR) is 96.8 cm³/mol. The van der Waals surface area contributed by atoms with E-state index in [2.05, 4.69) is 36.3 Å². The lowest BCUT2D eigenvalue weighted by molar-refractivity contribution is 0.185. The number of hydrogen-bond donors (Lipinski definition) is 1. The Hall–Kier alpha value is -2.25. The molecule has 1 N–H and O–H groups in total. The molecule has 0 fully saturated rings. The van der Waals surface area contributed by atoms with E-state index < -0.39 is 0 Å². The first-order valence-electron chi connectivity index (χ1n) is 7.47. The number of hydrogen-bond acceptors (Lipinski definition) is 5. The van der Waals surface area contributed by atoms with E-state index in [0.717, 1.165) is 32.9 Å². The second-order valence-electron chi connectivity index (χ2n) is 5.41. The van der Waals surface area contributed by atoms with Crippen LogP contribution in [0.3, 0.4) is 0 Å². The highest BCUT2D eigenvalue weighted by atomic mass is 79.9. The van der Waals surface area contributed by atoms with E-state index in [9.17, 15) is 0 Å². The van der Waals surface area contributed by atoms with E-state index in [1.165, 1.54) is 6.33 Å². The Bertz CT molecular complexity index is 845. The van der Waals surface area contributed by atoms with E-state index in [0.29, 0.717) is 12.4 Å². The highest BCUT2D eigenvalue weighted by Crippen LogP contribution is 2.23. The summed E-state index contributed by atoms with van der Waals surface area (Å²) in [5.74, 6) is 1.43. The van der Waals surface area contributed by atoms with Gasteiger partial charge in [0.2, 0.25) is 0 Å². The topological polar surface area (TPSA) is 64.9 Å². The van der Waals surface area contributed by atoms with Crippen LogP contribution < -0.4 is 5.32 Å². The summed E-state index contributed by atoms with van der Waals surface area (Å²) in [7, 11) is 1.69. The van der Waals surface area contributed by atoms with Crippen LogP contribution in [-0.2, 0) is 11.3 Å². The second kappa shape index (κ2) is 7.11. The molecule has 0 bridgehead atoms. The van der Waals surface area contributed by atoms with Crippen LogP contribution in [0.15, 0.2) is 41.1 Å². The highest BCUT2D eigenvalue weighted by Gasteiger charge is 2.12. The Morgan fingerprint density at radius 1 is 1.17 bits per heavy atom. The fraction of sp³-hybridized carbons (Fsp3) is 0.235. The average molecular weight is 388 g/mol. The molecule has 0 amide bonds. The Morgan fingerprint density at radius 3 is 2.54 bits per heavy atom. The standard InChI is InChI=1S/C17H18BrN5O/c1-11-17(18)12(2)23(22-11)16-8-15(19-10-20-16)21-14-6-4-13(5-7-14)9-24-3/h4-8,10H,9H2,1-3H3,(H,19,20,21). The van der Waals surface area contributed by atoms with Gasteiger partial charge in [0, 0.05) is 18.9 Å². The van der Waals surface area contributed by atoms with Gasteiger partial charge in [0.15, 0.2) is 5.82 Å². The Morgan fingerprint density at radius 2 is 1.92 bits per heavy atom. The maximum Gasteiger partial charge on any atom is 0.159 e. The van der Waals surface area contributed by atoms with Crippen LogP contribution in [0.1, 0.15) is 17.0 Å². The van der Waals surface area contributed by atoms with Gasteiger partial charge < -0.3 is 10.1 Å². The Labute approximate surface area is 149 Å². The number of benzene rings is 1. The normalized spacial score (nSPS) is 10.8. The summed E-state index contributed by atoms with van der Waals surface area (Å²) in [6.45, 7) is 4.55. The molecule has 124 valence electrons. The molecule has 0 aliphatic rings. The van der Waals surface area contributed by atoms with Gasteiger partial charge in [-0.3, -0.25) is 0 Å². The number of nitrogens with zero attached hydrogens (tertiary/aromatic N) is 4. The first-order valence-corrected chi connectivity index (χ1v) is 8.27. The SMILES string of the molecule is COCc1ccc(Nc2cc(-n3nc(C)c(Br)c3C)ncn2)cc1. The summed E-state index contributed by atoms with van der Waals surface area (Å²) in [5, 5.41) is 7.78. The first kappa shape index (κ1) is 16.6. The minimum Gasteiger partial charge on any atom is -0.380 e. The van der Waals surface area contributed by atoms with Gasteiger partial charge in [-0.25, -0.2) is 14.6 Å². The van der Waals surface area contributed by atoms with Gasteiger partial charge in [0.25, 0.3) is 0 Å². The molecule has 1 aromatic carbocycles. The van der Waals surface area contributed by atoms with E-state index in [1.807, 2.05) is 44.2 Å². The van der Waals surface area contributed by atoms with E-state index in [-0.39, 0.29) is 0 Å². The third-order valence-electron chi connectivity index (χ3n) is 3.61. The zero-order valence-corrected chi connectivity index (χ0v) is 15.3. The van der Waals surface area contributed by atoms with E-state index in [1.54, 1.807) is 11.8 Å². The van der Waals surface area contributed by atoms with Gasteiger partial charge in [-0.15, -0.1) is 0 Å². The van der Waals surface area contributed by atoms with Crippen LogP contribution >= 0.6 is 15.9 Å². The van der Waals surface area contributed by atoms with Crippen molar-refractivity contribution in [3.8, 4) is 5.82 Å². The number of ether oxygens (including phenoxy) is 1. The predicted octanol–water partition coefficient (Wildman–Crippen LogP) is 3.93. The fourth-order valence-electron chi connectivity index (χ4n) is 2.38. The average Bonchev–Trinajstić information content (AvgIpc) is 2.85. The molecule has 3 aromatic rings. The zero-order valence-electron chi connectivity index (χ0n) is 13.7. The Kier molecular flexibility index (Phi) is 4.92. The molecule has 0 aliphatic heterocycles. The molecule has 0 saturated heterocycles. The number of halogens is 1. The molecule has 0 aliphatic carbocycles. The molecule has 0 unspecified atom stereocenters. The minimum absolute atomic E-state index is 0.602. The summed E-state index contributed by atoms with van der Waals surface area (Å²) in [4.78, 5) is 8.60. The van der Waals surface area contributed by atoms with Gasteiger partial charge in [0.1, 0.15) is 12.1 Å². The zero-order chi connectivity index (χ0) is 17.1. The van der Waals surface area contributed by atoms with Crippen LogP contribution in [0.4, 0.5) is 11.5 Å². The number of rotatable bonds is 5. The molecule has 2 heterocycles. The minimum atomic E-state index is 0.602. The van der Waals surface area contributed by atoms with Crippen molar-refractivity contribution in [2.24, 2.45) is 0 Å². The molecule has 24 heavy (non-hydrogen) atoms.